The normalized spacial score (nSPS) is 11.2. The summed E-state index contributed by atoms with van der Waals surface area (Å²) in [5.74, 6) is 0.522. The molecule has 0 aliphatic carbocycles. The summed E-state index contributed by atoms with van der Waals surface area (Å²) >= 11 is 0. The molecule has 5 heteroatoms. The van der Waals surface area contributed by atoms with Gasteiger partial charge in [0.2, 0.25) is 0 Å². The Balaban J connectivity index is 2.29. The van der Waals surface area contributed by atoms with Crippen molar-refractivity contribution < 1.29 is 4.79 Å². The van der Waals surface area contributed by atoms with E-state index in [9.17, 15) is 4.79 Å². The molecule has 23 heavy (non-hydrogen) atoms. The Kier molecular flexibility index (Phi) is 4.98. The van der Waals surface area contributed by atoms with Crippen LogP contribution in [0.3, 0.4) is 0 Å². The number of nitrogens with one attached hydrogen (secondary N) is 1. The van der Waals surface area contributed by atoms with E-state index in [-0.39, 0.29) is 11.4 Å². The number of aromatic nitrogens is 2. The van der Waals surface area contributed by atoms with Gasteiger partial charge in [-0.25, -0.2) is 9.97 Å². The summed E-state index contributed by atoms with van der Waals surface area (Å²) in [5.41, 5.74) is 2.25. The molecule has 1 aromatic carbocycles. The second kappa shape index (κ2) is 6.77. The van der Waals surface area contributed by atoms with Crippen LogP contribution in [0.25, 0.3) is 0 Å². The number of carbonyl (C=O) groups is 1. The third-order valence-electron chi connectivity index (χ3n) is 3.26. The summed E-state index contributed by atoms with van der Waals surface area (Å²) in [6.07, 6.45) is 1.42. The fraction of sp³-hybridized carbons (Fsp3) is 0.389. The zero-order valence-corrected chi connectivity index (χ0v) is 14.4. The number of nitrogens with zero attached hydrogens (tertiary/aromatic N) is 3. The van der Waals surface area contributed by atoms with Gasteiger partial charge in [0.25, 0.3) is 5.91 Å². The van der Waals surface area contributed by atoms with Crippen LogP contribution in [-0.4, -0.2) is 28.0 Å². The van der Waals surface area contributed by atoms with Gasteiger partial charge in [0, 0.05) is 23.8 Å². The third kappa shape index (κ3) is 4.52. The molecule has 1 amide bonds. The Hall–Kier alpha value is -2.43. The lowest BCUT2D eigenvalue weighted by molar-refractivity contribution is 0.0983. The number of anilines is 2. The Morgan fingerprint density at radius 1 is 1.22 bits per heavy atom. The lowest BCUT2D eigenvalue weighted by atomic mass is 10.1. The lowest BCUT2D eigenvalue weighted by Crippen LogP contribution is -2.32. The van der Waals surface area contributed by atoms with Gasteiger partial charge >= 0.3 is 0 Å². The van der Waals surface area contributed by atoms with Crippen molar-refractivity contribution in [3.63, 3.8) is 0 Å². The highest BCUT2D eigenvalue weighted by Gasteiger charge is 2.19. The third-order valence-corrected chi connectivity index (χ3v) is 3.26. The van der Waals surface area contributed by atoms with Crippen molar-refractivity contribution in [1.82, 2.24) is 9.97 Å². The summed E-state index contributed by atoms with van der Waals surface area (Å²) in [4.78, 5) is 22.9. The highest BCUT2D eigenvalue weighted by Crippen LogP contribution is 2.19. The number of rotatable bonds is 4. The number of hydrogen-bond acceptors (Lipinski definition) is 4. The molecule has 2 aromatic rings. The van der Waals surface area contributed by atoms with Gasteiger partial charge in [-0.15, -0.1) is 0 Å². The van der Waals surface area contributed by atoms with Gasteiger partial charge in [0.05, 0.1) is 0 Å². The minimum atomic E-state index is -0.129. The largest absolute Gasteiger partial charge is 0.365 e. The molecular formula is C18H24N4O. The average molecular weight is 312 g/mol. The fourth-order valence-electron chi connectivity index (χ4n) is 2.30. The van der Waals surface area contributed by atoms with Gasteiger partial charge in [-0.05, 0) is 52.3 Å². The first-order chi connectivity index (χ1) is 10.8. The van der Waals surface area contributed by atoms with E-state index in [1.165, 1.54) is 6.33 Å². The van der Waals surface area contributed by atoms with E-state index in [1.54, 1.807) is 11.0 Å². The molecule has 0 radical (unpaired) electrons. The van der Waals surface area contributed by atoms with Crippen LogP contribution in [0.4, 0.5) is 11.5 Å². The molecule has 0 bridgehead atoms. The Morgan fingerprint density at radius 2 is 1.96 bits per heavy atom. The van der Waals surface area contributed by atoms with Gasteiger partial charge < -0.3 is 10.2 Å². The number of aryl methyl sites for hydroxylation is 1. The zero-order valence-electron chi connectivity index (χ0n) is 14.4. The molecule has 0 unspecified atom stereocenters. The number of carbonyl (C=O) groups excluding carboxylic acids is 1. The molecule has 122 valence electrons. The predicted molar refractivity (Wildman–Crippen MR) is 93.9 cm³/mol. The molecule has 5 nitrogen and oxygen atoms in total. The first-order valence-corrected chi connectivity index (χ1v) is 7.79. The van der Waals surface area contributed by atoms with Crippen LogP contribution in [0.1, 0.15) is 43.7 Å². The molecule has 0 spiro atoms. The maximum atomic E-state index is 12.8. The second-order valence-electron chi connectivity index (χ2n) is 6.55. The van der Waals surface area contributed by atoms with E-state index >= 15 is 0 Å². The SMILES string of the molecule is CCN(C(=O)c1cc(NC(C)(C)C)ncn1)c1cccc(C)c1. The second-order valence-corrected chi connectivity index (χ2v) is 6.55. The van der Waals surface area contributed by atoms with Crippen molar-refractivity contribution in [3.8, 4) is 0 Å². The fourth-order valence-corrected chi connectivity index (χ4v) is 2.30. The first kappa shape index (κ1) is 16.9. The van der Waals surface area contributed by atoms with Gasteiger partial charge in [-0.3, -0.25) is 4.79 Å². The lowest BCUT2D eigenvalue weighted by Gasteiger charge is -2.23. The van der Waals surface area contributed by atoms with E-state index in [0.717, 1.165) is 11.3 Å². The van der Waals surface area contributed by atoms with Crippen LogP contribution in [-0.2, 0) is 0 Å². The van der Waals surface area contributed by atoms with Crippen LogP contribution in [0.15, 0.2) is 36.7 Å². The Labute approximate surface area is 137 Å². The quantitative estimate of drug-likeness (QED) is 0.936. The average Bonchev–Trinajstić information content (AvgIpc) is 2.46. The highest BCUT2D eigenvalue weighted by atomic mass is 16.2. The van der Waals surface area contributed by atoms with E-state index in [1.807, 2.05) is 58.9 Å². The topological polar surface area (TPSA) is 58.1 Å². The van der Waals surface area contributed by atoms with E-state index < -0.39 is 0 Å². The molecule has 0 atom stereocenters. The molecule has 0 saturated heterocycles. The van der Waals surface area contributed by atoms with E-state index in [2.05, 4.69) is 15.3 Å². The van der Waals surface area contributed by atoms with Gasteiger partial charge in [-0.1, -0.05) is 12.1 Å². The molecule has 0 saturated carbocycles. The van der Waals surface area contributed by atoms with E-state index in [4.69, 9.17) is 0 Å². The highest BCUT2D eigenvalue weighted by molar-refractivity contribution is 6.05. The molecule has 1 aromatic heterocycles. The van der Waals surface area contributed by atoms with Crippen molar-refractivity contribution in [2.45, 2.75) is 40.2 Å². The van der Waals surface area contributed by atoms with Gasteiger partial charge in [0.1, 0.15) is 17.8 Å². The molecule has 1 N–H and O–H groups in total. The smallest absolute Gasteiger partial charge is 0.277 e. The van der Waals surface area contributed by atoms with Crippen LogP contribution in [0.5, 0.6) is 0 Å². The van der Waals surface area contributed by atoms with Crippen LogP contribution in [0.2, 0.25) is 0 Å². The number of hydrogen-bond donors (Lipinski definition) is 1. The minimum absolute atomic E-state index is 0.127. The van der Waals surface area contributed by atoms with E-state index in [0.29, 0.717) is 18.1 Å². The van der Waals surface area contributed by atoms with Gasteiger partial charge in [-0.2, -0.15) is 0 Å². The maximum absolute atomic E-state index is 12.8. The molecule has 2 rings (SSSR count). The molecular weight excluding hydrogens is 288 g/mol. The number of amides is 1. The first-order valence-electron chi connectivity index (χ1n) is 7.79. The minimum Gasteiger partial charge on any atom is -0.365 e. The Morgan fingerprint density at radius 3 is 2.57 bits per heavy atom. The predicted octanol–water partition coefficient (Wildman–Crippen LogP) is 3.66. The summed E-state index contributed by atoms with van der Waals surface area (Å²) < 4.78 is 0. The monoisotopic (exact) mass is 312 g/mol. The Bertz CT molecular complexity index is 691. The zero-order chi connectivity index (χ0) is 17.0. The molecule has 0 fully saturated rings. The molecule has 1 heterocycles. The van der Waals surface area contributed by atoms with Crippen molar-refractivity contribution in [3.05, 3.63) is 47.9 Å². The van der Waals surface area contributed by atoms with Crippen LogP contribution in [0, 0.1) is 6.92 Å². The van der Waals surface area contributed by atoms with Crippen molar-refractivity contribution >= 4 is 17.4 Å². The van der Waals surface area contributed by atoms with Crippen LogP contribution >= 0.6 is 0 Å². The summed E-state index contributed by atoms with van der Waals surface area (Å²) in [6.45, 7) is 10.7. The maximum Gasteiger partial charge on any atom is 0.277 e. The summed E-state index contributed by atoms with van der Waals surface area (Å²) in [6, 6.07) is 9.60. The van der Waals surface area contributed by atoms with Crippen molar-refractivity contribution in [2.24, 2.45) is 0 Å². The molecule has 0 aliphatic heterocycles. The standard InChI is InChI=1S/C18H24N4O/c1-6-22(14-9-7-8-13(2)10-14)17(23)15-11-16(20-12-19-15)21-18(3,4)5/h7-12H,6H2,1-5H3,(H,19,20,21). The van der Waals surface area contributed by atoms with Crippen molar-refractivity contribution in [2.75, 3.05) is 16.8 Å². The van der Waals surface area contributed by atoms with Crippen molar-refractivity contribution in [1.29, 1.82) is 0 Å². The van der Waals surface area contributed by atoms with Gasteiger partial charge in [0.15, 0.2) is 0 Å². The van der Waals surface area contributed by atoms with Crippen LogP contribution < -0.4 is 10.2 Å². The number of benzene rings is 1. The summed E-state index contributed by atoms with van der Waals surface area (Å²) in [7, 11) is 0. The summed E-state index contributed by atoms with van der Waals surface area (Å²) in [5, 5.41) is 3.26. The molecule has 0 aliphatic rings.